The lowest BCUT2D eigenvalue weighted by atomic mass is 10.1. The highest BCUT2D eigenvalue weighted by Crippen LogP contribution is 2.21. The lowest BCUT2D eigenvalue weighted by Gasteiger charge is -2.01. The van der Waals surface area contributed by atoms with Crippen molar-refractivity contribution >= 4 is 27.9 Å². The molecule has 0 unspecified atom stereocenters. The maximum atomic E-state index is 12.7. The van der Waals surface area contributed by atoms with Crippen molar-refractivity contribution in [1.82, 2.24) is 19.5 Å². The Kier molecular flexibility index (Phi) is 9.70. The van der Waals surface area contributed by atoms with Crippen molar-refractivity contribution in [3.05, 3.63) is 64.2 Å². The van der Waals surface area contributed by atoms with Crippen LogP contribution in [-0.4, -0.2) is 25.3 Å². The van der Waals surface area contributed by atoms with E-state index in [1.54, 1.807) is 18.5 Å². The second kappa shape index (κ2) is 12.9. The summed E-state index contributed by atoms with van der Waals surface area (Å²) in [5, 5.41) is 0.816. The fraction of sp³-hybridized carbons (Fsp3) is 0.464. The third kappa shape index (κ3) is 6.62. The van der Waals surface area contributed by atoms with Gasteiger partial charge in [0.15, 0.2) is 5.76 Å². The number of hydrogen-bond donors (Lipinski definition) is 2. The Morgan fingerprint density at radius 1 is 1.17 bits per heavy atom. The highest BCUT2D eigenvalue weighted by atomic mass is 16.3. The smallest absolute Gasteiger partial charge is 0.326 e. The van der Waals surface area contributed by atoms with Gasteiger partial charge in [-0.3, -0.25) is 9.36 Å². The van der Waals surface area contributed by atoms with E-state index in [9.17, 15) is 9.59 Å². The maximum absolute atomic E-state index is 12.7. The van der Waals surface area contributed by atoms with Crippen LogP contribution >= 0.6 is 0 Å². The van der Waals surface area contributed by atoms with E-state index in [0.29, 0.717) is 16.7 Å². The first-order valence-corrected chi connectivity index (χ1v) is 12.8. The van der Waals surface area contributed by atoms with Crippen LogP contribution in [0.2, 0.25) is 0 Å². The van der Waals surface area contributed by atoms with Crippen molar-refractivity contribution < 1.29 is 9.21 Å². The second-order valence-corrected chi connectivity index (χ2v) is 8.91. The van der Waals surface area contributed by atoms with E-state index in [1.165, 1.54) is 43.1 Å². The number of unbranched alkanes of at least 4 members (excludes halogenated alkanes) is 5. The number of ketones is 1. The molecule has 0 amide bonds. The fourth-order valence-electron chi connectivity index (χ4n) is 4.16. The monoisotopic (exact) mass is 478 g/mol. The lowest BCUT2D eigenvalue weighted by Crippen LogP contribution is -2.21. The van der Waals surface area contributed by atoms with Gasteiger partial charge >= 0.3 is 5.69 Å². The zero-order valence-corrected chi connectivity index (χ0v) is 21.4. The normalized spacial score (nSPS) is 11.4. The molecule has 0 saturated heterocycles. The zero-order chi connectivity index (χ0) is 25.2. The van der Waals surface area contributed by atoms with Gasteiger partial charge in [0.2, 0.25) is 5.78 Å². The number of nitrogens with zero attached hydrogens (tertiary/aromatic N) is 2. The first kappa shape index (κ1) is 26.3. The summed E-state index contributed by atoms with van der Waals surface area (Å²) in [5.74, 6) is 0.775. The number of nitrogens with one attached hydrogen (secondary N) is 2. The van der Waals surface area contributed by atoms with Crippen molar-refractivity contribution in [3.8, 4) is 0 Å². The molecule has 188 valence electrons. The van der Waals surface area contributed by atoms with Crippen LogP contribution in [0.3, 0.4) is 0 Å². The van der Waals surface area contributed by atoms with Gasteiger partial charge in [-0.2, -0.15) is 0 Å². The number of fused-ring (bicyclic) bond motifs is 3. The van der Waals surface area contributed by atoms with Gasteiger partial charge in [0.25, 0.3) is 0 Å². The van der Waals surface area contributed by atoms with Gasteiger partial charge in [0, 0.05) is 11.6 Å². The molecule has 0 bridgehead atoms. The summed E-state index contributed by atoms with van der Waals surface area (Å²) in [7, 11) is 0. The van der Waals surface area contributed by atoms with Crippen LogP contribution in [0, 0.1) is 6.92 Å². The van der Waals surface area contributed by atoms with Crippen LogP contribution in [0.4, 0.5) is 0 Å². The summed E-state index contributed by atoms with van der Waals surface area (Å²) >= 11 is 0. The summed E-state index contributed by atoms with van der Waals surface area (Å²) in [6.07, 6.45) is 17.6. The number of carbonyl (C=O) groups is 1. The van der Waals surface area contributed by atoms with E-state index in [4.69, 9.17) is 4.42 Å². The molecule has 0 fully saturated rings. The van der Waals surface area contributed by atoms with Gasteiger partial charge in [-0.1, -0.05) is 64.5 Å². The summed E-state index contributed by atoms with van der Waals surface area (Å²) in [6.45, 7) is 8.24. The van der Waals surface area contributed by atoms with Gasteiger partial charge < -0.3 is 14.4 Å². The van der Waals surface area contributed by atoms with E-state index in [2.05, 4.69) is 34.9 Å². The molecule has 4 aromatic heterocycles. The predicted molar refractivity (Wildman–Crippen MR) is 142 cm³/mol. The largest absolute Gasteiger partial charge is 0.458 e. The van der Waals surface area contributed by atoms with Crippen LogP contribution in [-0.2, 0) is 13.0 Å². The number of rotatable bonds is 11. The van der Waals surface area contributed by atoms with Gasteiger partial charge in [0.05, 0.1) is 23.8 Å². The van der Waals surface area contributed by atoms with Gasteiger partial charge in [-0.15, -0.1) is 0 Å². The number of H-pyrrole nitrogens is 2. The molecule has 4 rings (SSSR count). The molecule has 0 spiro atoms. The van der Waals surface area contributed by atoms with Gasteiger partial charge in [0.1, 0.15) is 11.4 Å². The van der Waals surface area contributed by atoms with Crippen molar-refractivity contribution in [3.63, 3.8) is 0 Å². The van der Waals surface area contributed by atoms with Crippen molar-refractivity contribution in [2.75, 3.05) is 0 Å². The van der Waals surface area contributed by atoms with Crippen LogP contribution in [0.15, 0.2) is 45.9 Å². The third-order valence-corrected chi connectivity index (χ3v) is 6.20. The number of Topliss-reactive ketones (excluding diaryl/α,β-unsaturated/α-hetero) is 1. The molecular formula is C28H38N4O3. The van der Waals surface area contributed by atoms with E-state index < -0.39 is 0 Å². The molecule has 7 heteroatoms. The third-order valence-electron chi connectivity index (χ3n) is 6.20. The standard InChI is InChI=1S/C20H20N4O3.C8H18/c1-3-4-5-6-13-9-17(27-12(13)2)16(25)11-24-15-10-22-19-14(7-8-21-19)18(15)23-20(24)26;1-3-5-7-8-6-4-2/h3-4,7-10H,5-6,11H2,1-2H3,(H,21,22)(H,23,26);3-8H2,1-2H3/b4-3-;. The summed E-state index contributed by atoms with van der Waals surface area (Å²) in [4.78, 5) is 35.2. The number of furan rings is 1. The molecule has 35 heavy (non-hydrogen) atoms. The quantitative estimate of drug-likeness (QED) is 0.140. The SMILES string of the molecule is C/C=C\CCc1cc(C(=O)Cn2c(=O)[nH]c3c4cc[nH]c4ncc32)oc1C.CCCCCCCC. The minimum absolute atomic E-state index is 0.0995. The molecule has 0 aliphatic carbocycles. The zero-order valence-electron chi connectivity index (χ0n) is 21.4. The summed E-state index contributed by atoms with van der Waals surface area (Å²) in [6, 6.07) is 3.63. The lowest BCUT2D eigenvalue weighted by molar-refractivity contribution is 0.0944. The van der Waals surface area contributed by atoms with E-state index in [0.717, 1.165) is 29.6 Å². The highest BCUT2D eigenvalue weighted by Gasteiger charge is 2.18. The van der Waals surface area contributed by atoms with E-state index in [1.807, 2.05) is 26.0 Å². The Hall–Kier alpha value is -3.35. The van der Waals surface area contributed by atoms with Crippen LogP contribution < -0.4 is 5.69 Å². The molecule has 0 atom stereocenters. The number of pyridine rings is 1. The molecule has 4 aromatic rings. The number of allylic oxidation sites excluding steroid dienone is 2. The second-order valence-electron chi connectivity index (χ2n) is 8.91. The average Bonchev–Trinajstić information content (AvgIpc) is 3.55. The predicted octanol–water partition coefficient (Wildman–Crippen LogP) is 6.87. The summed E-state index contributed by atoms with van der Waals surface area (Å²) in [5.41, 5.74) is 2.62. The molecule has 2 N–H and O–H groups in total. The molecule has 0 aliphatic rings. The molecular weight excluding hydrogens is 440 g/mol. The number of imidazole rings is 1. The van der Waals surface area contributed by atoms with Crippen LogP contribution in [0.1, 0.15) is 87.6 Å². The molecule has 0 radical (unpaired) electrons. The Morgan fingerprint density at radius 3 is 2.60 bits per heavy atom. The molecule has 7 nitrogen and oxygen atoms in total. The van der Waals surface area contributed by atoms with Crippen molar-refractivity contribution in [2.45, 2.75) is 85.6 Å². The van der Waals surface area contributed by atoms with E-state index >= 15 is 0 Å². The highest BCUT2D eigenvalue weighted by molar-refractivity contribution is 6.01. The van der Waals surface area contributed by atoms with Crippen LogP contribution in [0.25, 0.3) is 22.1 Å². The molecule has 0 aliphatic heterocycles. The first-order valence-electron chi connectivity index (χ1n) is 12.8. The Bertz CT molecular complexity index is 1310. The number of hydrogen-bond acceptors (Lipinski definition) is 4. The number of aromatic amines is 2. The van der Waals surface area contributed by atoms with Gasteiger partial charge in [-0.05, 0) is 44.4 Å². The van der Waals surface area contributed by atoms with Crippen molar-refractivity contribution in [2.24, 2.45) is 0 Å². The number of aromatic nitrogens is 4. The Balaban J connectivity index is 0.000000371. The minimum Gasteiger partial charge on any atom is -0.458 e. The molecule has 0 saturated carbocycles. The number of carbonyl (C=O) groups excluding carboxylic acids is 1. The number of aryl methyl sites for hydroxylation is 2. The maximum Gasteiger partial charge on any atom is 0.326 e. The molecule has 0 aromatic carbocycles. The van der Waals surface area contributed by atoms with Crippen molar-refractivity contribution in [1.29, 1.82) is 0 Å². The topological polar surface area (TPSA) is 96.7 Å². The molecule has 4 heterocycles. The van der Waals surface area contributed by atoms with Crippen LogP contribution in [0.5, 0.6) is 0 Å². The minimum atomic E-state index is -0.342. The van der Waals surface area contributed by atoms with Gasteiger partial charge in [-0.25, -0.2) is 9.78 Å². The van der Waals surface area contributed by atoms with E-state index in [-0.39, 0.29) is 23.8 Å². The average molecular weight is 479 g/mol. The Morgan fingerprint density at radius 2 is 1.91 bits per heavy atom. The summed E-state index contributed by atoms with van der Waals surface area (Å²) < 4.78 is 7.04. The fourth-order valence-corrected chi connectivity index (χ4v) is 4.16. The Labute approximate surface area is 206 Å². The first-order chi connectivity index (χ1) is 17.0.